The van der Waals surface area contributed by atoms with Gasteiger partial charge in [0.1, 0.15) is 0 Å². The molecule has 6 heteroatoms. The summed E-state index contributed by atoms with van der Waals surface area (Å²) in [5.74, 6) is 0. The van der Waals surface area contributed by atoms with E-state index >= 15 is 0 Å². The van der Waals surface area contributed by atoms with E-state index in [1.807, 2.05) is 26.0 Å². The Hall–Kier alpha value is -2.11. The molecule has 5 nitrogen and oxygen atoms in total. The summed E-state index contributed by atoms with van der Waals surface area (Å²) in [5, 5.41) is 15.8. The molecule has 1 aromatic carbocycles. The maximum atomic E-state index is 12.2. The van der Waals surface area contributed by atoms with Gasteiger partial charge in [0.25, 0.3) is 0 Å². The van der Waals surface area contributed by atoms with Gasteiger partial charge in [0.2, 0.25) is 0 Å². The normalized spacial score (nSPS) is 12.5. The SMILES string of the molecule is CC(C)(CNC(=O)NC(CO)c1ccc(Cl)cc1)c1ccncc1. The van der Waals surface area contributed by atoms with Gasteiger partial charge in [0, 0.05) is 29.4 Å². The standard InChI is InChI=1S/C18H22ClN3O2/c1-18(2,14-7-9-20-10-8-14)12-21-17(24)22-16(11-23)13-3-5-15(19)6-4-13/h3-10,16,23H,11-12H2,1-2H3,(H2,21,22,24). The molecule has 128 valence electrons. The van der Waals surface area contributed by atoms with Gasteiger partial charge in [-0.15, -0.1) is 0 Å². The van der Waals surface area contributed by atoms with Gasteiger partial charge in [-0.2, -0.15) is 0 Å². The second-order valence-electron chi connectivity index (χ2n) is 6.23. The third kappa shape index (κ3) is 4.94. The fourth-order valence-electron chi connectivity index (χ4n) is 2.35. The fourth-order valence-corrected chi connectivity index (χ4v) is 2.47. The van der Waals surface area contributed by atoms with Crippen LogP contribution in [0.1, 0.15) is 31.0 Å². The zero-order valence-electron chi connectivity index (χ0n) is 13.8. The van der Waals surface area contributed by atoms with Gasteiger partial charge in [-0.25, -0.2) is 4.79 Å². The largest absolute Gasteiger partial charge is 0.394 e. The molecule has 0 aliphatic carbocycles. The lowest BCUT2D eigenvalue weighted by atomic mass is 9.85. The van der Waals surface area contributed by atoms with Crippen LogP contribution in [0.4, 0.5) is 4.79 Å². The molecule has 0 spiro atoms. The van der Waals surface area contributed by atoms with E-state index in [0.717, 1.165) is 11.1 Å². The van der Waals surface area contributed by atoms with Crippen molar-refractivity contribution in [3.8, 4) is 0 Å². The first kappa shape index (κ1) is 18.2. The summed E-state index contributed by atoms with van der Waals surface area (Å²) in [6.07, 6.45) is 3.47. The van der Waals surface area contributed by atoms with Crippen LogP contribution in [0, 0.1) is 0 Å². The van der Waals surface area contributed by atoms with Crippen LogP contribution < -0.4 is 10.6 Å². The molecule has 0 saturated carbocycles. The van der Waals surface area contributed by atoms with Crippen LogP contribution >= 0.6 is 11.6 Å². The number of urea groups is 1. The van der Waals surface area contributed by atoms with Crippen LogP contribution in [0.25, 0.3) is 0 Å². The van der Waals surface area contributed by atoms with Gasteiger partial charge < -0.3 is 15.7 Å². The second-order valence-corrected chi connectivity index (χ2v) is 6.67. The topological polar surface area (TPSA) is 74.2 Å². The first-order valence-electron chi connectivity index (χ1n) is 7.73. The molecule has 0 aliphatic heterocycles. The number of carbonyl (C=O) groups excluding carboxylic acids is 1. The minimum Gasteiger partial charge on any atom is -0.394 e. The summed E-state index contributed by atoms with van der Waals surface area (Å²) in [4.78, 5) is 16.2. The van der Waals surface area contributed by atoms with Gasteiger partial charge in [0.05, 0.1) is 12.6 Å². The minimum atomic E-state index is -0.480. The average Bonchev–Trinajstić information content (AvgIpc) is 2.59. The van der Waals surface area contributed by atoms with Crippen LogP contribution in [-0.4, -0.2) is 29.3 Å². The van der Waals surface area contributed by atoms with Gasteiger partial charge in [0.15, 0.2) is 0 Å². The Morgan fingerprint density at radius 3 is 2.42 bits per heavy atom. The Balaban J connectivity index is 1.93. The summed E-state index contributed by atoms with van der Waals surface area (Å²) in [6.45, 7) is 4.36. The molecule has 0 bridgehead atoms. The molecule has 3 N–H and O–H groups in total. The van der Waals surface area contributed by atoms with E-state index in [-0.39, 0.29) is 18.1 Å². The molecule has 0 aliphatic rings. The number of aliphatic hydroxyl groups excluding tert-OH is 1. The third-order valence-electron chi connectivity index (χ3n) is 3.91. The first-order valence-corrected chi connectivity index (χ1v) is 8.11. The minimum absolute atomic E-state index is 0.192. The number of benzene rings is 1. The van der Waals surface area contributed by atoms with Crippen LogP contribution in [0.2, 0.25) is 5.02 Å². The number of carbonyl (C=O) groups is 1. The Morgan fingerprint density at radius 1 is 1.21 bits per heavy atom. The Morgan fingerprint density at radius 2 is 1.83 bits per heavy atom. The monoisotopic (exact) mass is 347 g/mol. The number of aliphatic hydroxyl groups is 1. The third-order valence-corrected chi connectivity index (χ3v) is 4.16. The molecule has 1 unspecified atom stereocenters. The van der Waals surface area contributed by atoms with Crippen LogP contribution in [0.15, 0.2) is 48.8 Å². The molecule has 2 amide bonds. The highest BCUT2D eigenvalue weighted by atomic mass is 35.5. The van der Waals surface area contributed by atoms with E-state index in [0.29, 0.717) is 11.6 Å². The predicted octanol–water partition coefficient (Wildman–Crippen LogP) is 3.05. The number of pyridine rings is 1. The quantitative estimate of drug-likeness (QED) is 0.751. The number of rotatable bonds is 6. The summed E-state index contributed by atoms with van der Waals surface area (Å²) in [5.41, 5.74) is 1.66. The van der Waals surface area contributed by atoms with E-state index in [4.69, 9.17) is 11.6 Å². The van der Waals surface area contributed by atoms with Crippen molar-refractivity contribution in [2.75, 3.05) is 13.2 Å². The van der Waals surface area contributed by atoms with E-state index in [9.17, 15) is 9.90 Å². The summed E-state index contributed by atoms with van der Waals surface area (Å²) in [6, 6.07) is 10.1. The second kappa shape index (κ2) is 8.13. The van der Waals surface area contributed by atoms with E-state index in [1.54, 1.807) is 36.7 Å². The van der Waals surface area contributed by atoms with Crippen LogP contribution in [-0.2, 0) is 5.41 Å². The van der Waals surface area contributed by atoms with Crippen molar-refractivity contribution in [1.82, 2.24) is 15.6 Å². The van der Waals surface area contributed by atoms with Crippen molar-refractivity contribution in [3.63, 3.8) is 0 Å². The van der Waals surface area contributed by atoms with Crippen LogP contribution in [0.5, 0.6) is 0 Å². The van der Waals surface area contributed by atoms with Crippen LogP contribution in [0.3, 0.4) is 0 Å². The molecule has 1 heterocycles. The molecule has 0 saturated heterocycles. The summed E-state index contributed by atoms with van der Waals surface area (Å²) >= 11 is 5.86. The molecule has 0 fully saturated rings. The maximum Gasteiger partial charge on any atom is 0.315 e. The maximum absolute atomic E-state index is 12.2. The Kier molecular flexibility index (Phi) is 6.17. The van der Waals surface area contributed by atoms with Gasteiger partial charge in [-0.05, 0) is 35.4 Å². The van der Waals surface area contributed by atoms with Crippen molar-refractivity contribution < 1.29 is 9.90 Å². The lowest BCUT2D eigenvalue weighted by molar-refractivity contribution is 0.215. The molecule has 2 aromatic rings. The van der Waals surface area contributed by atoms with E-state index in [1.165, 1.54) is 0 Å². The highest BCUT2D eigenvalue weighted by molar-refractivity contribution is 6.30. The molecule has 0 radical (unpaired) electrons. The van der Waals surface area contributed by atoms with Gasteiger partial charge in [-0.1, -0.05) is 37.6 Å². The lowest BCUT2D eigenvalue weighted by Gasteiger charge is -2.26. The summed E-state index contributed by atoms with van der Waals surface area (Å²) < 4.78 is 0. The lowest BCUT2D eigenvalue weighted by Crippen LogP contribution is -2.44. The highest BCUT2D eigenvalue weighted by Gasteiger charge is 2.22. The molecule has 1 aromatic heterocycles. The van der Waals surface area contributed by atoms with Crippen molar-refractivity contribution >= 4 is 17.6 Å². The molecular formula is C18H22ClN3O2. The molecule has 24 heavy (non-hydrogen) atoms. The smallest absolute Gasteiger partial charge is 0.315 e. The zero-order valence-corrected chi connectivity index (χ0v) is 14.5. The molecular weight excluding hydrogens is 326 g/mol. The van der Waals surface area contributed by atoms with Crippen molar-refractivity contribution in [3.05, 3.63) is 64.9 Å². The first-order chi connectivity index (χ1) is 11.4. The fraction of sp³-hybridized carbons (Fsp3) is 0.333. The van der Waals surface area contributed by atoms with Crippen molar-refractivity contribution in [2.24, 2.45) is 0 Å². The molecule has 2 rings (SSSR count). The van der Waals surface area contributed by atoms with Gasteiger partial charge in [-0.3, -0.25) is 4.98 Å². The summed E-state index contributed by atoms with van der Waals surface area (Å²) in [7, 11) is 0. The van der Waals surface area contributed by atoms with E-state index < -0.39 is 6.04 Å². The highest BCUT2D eigenvalue weighted by Crippen LogP contribution is 2.21. The number of aromatic nitrogens is 1. The average molecular weight is 348 g/mol. The van der Waals surface area contributed by atoms with E-state index in [2.05, 4.69) is 15.6 Å². The molecule has 1 atom stereocenters. The number of nitrogens with zero attached hydrogens (tertiary/aromatic N) is 1. The predicted molar refractivity (Wildman–Crippen MR) is 95.1 cm³/mol. The number of hydrogen-bond donors (Lipinski definition) is 3. The number of nitrogens with one attached hydrogen (secondary N) is 2. The number of halogens is 1. The zero-order chi connectivity index (χ0) is 17.6. The Labute approximate surface area is 147 Å². The number of hydrogen-bond acceptors (Lipinski definition) is 3. The van der Waals surface area contributed by atoms with Gasteiger partial charge >= 0.3 is 6.03 Å². The van der Waals surface area contributed by atoms with Crippen molar-refractivity contribution in [1.29, 1.82) is 0 Å². The number of amides is 2. The van der Waals surface area contributed by atoms with Crippen molar-refractivity contribution in [2.45, 2.75) is 25.3 Å². The Bertz CT molecular complexity index is 660.